The minimum atomic E-state index is -0.706. The molecule has 1 unspecified atom stereocenters. The number of rotatable bonds is 7. The summed E-state index contributed by atoms with van der Waals surface area (Å²) in [5.41, 5.74) is 3.83. The highest BCUT2D eigenvalue weighted by Crippen LogP contribution is 2.25. The van der Waals surface area contributed by atoms with E-state index in [0.29, 0.717) is 5.92 Å². The van der Waals surface area contributed by atoms with Crippen LogP contribution in [0, 0.1) is 6.92 Å². The molecule has 3 aromatic rings. The number of amides is 2. The Morgan fingerprint density at radius 1 is 0.967 bits per heavy atom. The van der Waals surface area contributed by atoms with E-state index in [4.69, 9.17) is 0 Å². The molecule has 1 heterocycles. The second-order valence-electron chi connectivity index (χ2n) is 7.84. The molecular weight excluding hydrogens is 392 g/mol. The molecule has 2 amide bonds. The molecule has 0 radical (unpaired) electrons. The van der Waals surface area contributed by atoms with Crippen molar-refractivity contribution in [3.05, 3.63) is 87.6 Å². The Kier molecular flexibility index (Phi) is 7.06. The third kappa shape index (κ3) is 5.36. The average molecular weight is 421 g/mol. The number of hydrogen-bond donors (Lipinski definition) is 1. The van der Waals surface area contributed by atoms with Crippen molar-refractivity contribution in [1.29, 1.82) is 0 Å². The van der Waals surface area contributed by atoms with Gasteiger partial charge in [-0.25, -0.2) is 0 Å². The first kappa shape index (κ1) is 21.8. The molecule has 0 saturated carbocycles. The minimum Gasteiger partial charge on any atom is -0.329 e. The number of hydrogen-bond acceptors (Lipinski definition) is 3. The van der Waals surface area contributed by atoms with Crippen LogP contribution in [0.3, 0.4) is 0 Å². The van der Waals surface area contributed by atoms with E-state index in [1.54, 1.807) is 23.3 Å². The van der Waals surface area contributed by atoms with Gasteiger partial charge >= 0.3 is 0 Å². The molecular formula is C25H28N2O2S. The third-order valence-corrected chi connectivity index (χ3v) is 6.05. The van der Waals surface area contributed by atoms with Crippen molar-refractivity contribution in [3.63, 3.8) is 0 Å². The van der Waals surface area contributed by atoms with Crippen molar-refractivity contribution in [2.45, 2.75) is 39.2 Å². The van der Waals surface area contributed by atoms with Gasteiger partial charge in [0.15, 0.2) is 0 Å². The van der Waals surface area contributed by atoms with Crippen LogP contribution in [0.15, 0.2) is 66.0 Å². The molecule has 0 fully saturated rings. The Labute approximate surface area is 182 Å². The number of nitrogens with one attached hydrogen (secondary N) is 1. The van der Waals surface area contributed by atoms with E-state index in [2.05, 4.69) is 19.2 Å². The van der Waals surface area contributed by atoms with E-state index in [1.807, 2.05) is 73.0 Å². The van der Waals surface area contributed by atoms with Gasteiger partial charge in [-0.3, -0.25) is 9.59 Å². The SMILES string of the molecule is Cc1ccc(C(C(=O)Nc2ccc(C(C)C)cc2)N(C)C(=O)Cc2cccs2)cc1. The summed E-state index contributed by atoms with van der Waals surface area (Å²) in [4.78, 5) is 28.7. The number of carbonyl (C=O) groups is 2. The molecule has 0 aliphatic carbocycles. The van der Waals surface area contributed by atoms with Crippen LogP contribution < -0.4 is 5.32 Å². The maximum absolute atomic E-state index is 13.3. The Morgan fingerprint density at radius 2 is 1.60 bits per heavy atom. The monoisotopic (exact) mass is 420 g/mol. The van der Waals surface area contributed by atoms with Crippen molar-refractivity contribution >= 4 is 28.8 Å². The number of nitrogens with zero attached hydrogens (tertiary/aromatic N) is 1. The predicted molar refractivity (Wildman–Crippen MR) is 124 cm³/mol. The summed E-state index contributed by atoms with van der Waals surface area (Å²) in [5.74, 6) is 0.113. The van der Waals surface area contributed by atoms with Crippen LogP contribution in [0.5, 0.6) is 0 Å². The lowest BCUT2D eigenvalue weighted by molar-refractivity contribution is -0.136. The molecule has 4 nitrogen and oxygen atoms in total. The second-order valence-corrected chi connectivity index (χ2v) is 8.87. The lowest BCUT2D eigenvalue weighted by Gasteiger charge is -2.28. The smallest absolute Gasteiger partial charge is 0.251 e. The first-order valence-corrected chi connectivity index (χ1v) is 11.0. The third-order valence-electron chi connectivity index (χ3n) is 5.17. The highest BCUT2D eigenvalue weighted by atomic mass is 32.1. The number of benzene rings is 2. The molecule has 30 heavy (non-hydrogen) atoms. The van der Waals surface area contributed by atoms with Crippen LogP contribution in [0.4, 0.5) is 5.69 Å². The van der Waals surface area contributed by atoms with E-state index in [0.717, 1.165) is 21.7 Å². The Morgan fingerprint density at radius 3 is 2.17 bits per heavy atom. The van der Waals surface area contributed by atoms with Crippen LogP contribution in [0.2, 0.25) is 0 Å². The van der Waals surface area contributed by atoms with Gasteiger partial charge in [0.2, 0.25) is 5.91 Å². The summed E-state index contributed by atoms with van der Waals surface area (Å²) in [6.07, 6.45) is 0.285. The fourth-order valence-corrected chi connectivity index (χ4v) is 3.99. The molecule has 0 aliphatic rings. The van der Waals surface area contributed by atoms with Gasteiger partial charge in [0.25, 0.3) is 5.91 Å². The lowest BCUT2D eigenvalue weighted by atomic mass is 10.0. The Bertz CT molecular complexity index is 977. The number of carbonyl (C=O) groups excluding carboxylic acids is 2. The van der Waals surface area contributed by atoms with E-state index in [9.17, 15) is 9.59 Å². The molecule has 0 saturated heterocycles. The van der Waals surface area contributed by atoms with Crippen LogP contribution in [0.25, 0.3) is 0 Å². The number of thiophene rings is 1. The van der Waals surface area contributed by atoms with Crippen LogP contribution in [0.1, 0.15) is 47.4 Å². The van der Waals surface area contributed by atoms with Crippen molar-refractivity contribution in [2.75, 3.05) is 12.4 Å². The average Bonchev–Trinajstić information content (AvgIpc) is 3.23. The van der Waals surface area contributed by atoms with Crippen molar-refractivity contribution < 1.29 is 9.59 Å². The second kappa shape index (κ2) is 9.72. The van der Waals surface area contributed by atoms with Gasteiger partial charge in [-0.2, -0.15) is 0 Å². The molecule has 0 spiro atoms. The zero-order valence-corrected chi connectivity index (χ0v) is 18.7. The summed E-state index contributed by atoms with van der Waals surface area (Å²) in [6, 6.07) is 18.8. The van der Waals surface area contributed by atoms with E-state index < -0.39 is 6.04 Å². The van der Waals surface area contributed by atoms with Crippen LogP contribution >= 0.6 is 11.3 Å². The molecule has 2 aromatic carbocycles. The van der Waals surface area contributed by atoms with Gasteiger partial charge in [0.1, 0.15) is 6.04 Å². The standard InChI is InChI=1S/C25H28N2O2S/c1-17(2)19-11-13-21(14-12-19)26-25(29)24(20-9-7-18(3)8-10-20)27(4)23(28)16-22-6-5-15-30-22/h5-15,17,24H,16H2,1-4H3,(H,26,29). The van der Waals surface area contributed by atoms with Crippen LogP contribution in [-0.2, 0) is 16.0 Å². The van der Waals surface area contributed by atoms with Crippen molar-refractivity contribution in [2.24, 2.45) is 0 Å². The van der Waals surface area contributed by atoms with Gasteiger partial charge in [-0.05, 0) is 47.5 Å². The largest absolute Gasteiger partial charge is 0.329 e. The molecule has 0 aliphatic heterocycles. The first-order chi connectivity index (χ1) is 14.3. The lowest BCUT2D eigenvalue weighted by Crippen LogP contribution is -2.39. The van der Waals surface area contributed by atoms with Gasteiger partial charge in [0, 0.05) is 17.6 Å². The number of aryl methyl sites for hydroxylation is 1. The molecule has 3 rings (SSSR count). The number of anilines is 1. The van der Waals surface area contributed by atoms with Gasteiger partial charge in [0.05, 0.1) is 6.42 Å². The van der Waals surface area contributed by atoms with E-state index in [-0.39, 0.29) is 18.2 Å². The normalized spacial score (nSPS) is 11.9. The topological polar surface area (TPSA) is 49.4 Å². The zero-order valence-electron chi connectivity index (χ0n) is 17.9. The molecule has 0 bridgehead atoms. The highest BCUT2D eigenvalue weighted by Gasteiger charge is 2.29. The summed E-state index contributed by atoms with van der Waals surface area (Å²) >= 11 is 1.54. The molecule has 1 N–H and O–H groups in total. The maximum atomic E-state index is 13.3. The molecule has 1 atom stereocenters. The summed E-state index contributed by atoms with van der Waals surface area (Å²) < 4.78 is 0. The van der Waals surface area contributed by atoms with Gasteiger partial charge < -0.3 is 10.2 Å². The molecule has 1 aromatic heterocycles. The number of likely N-dealkylation sites (N-methyl/N-ethyl adjacent to an activating group) is 1. The quantitative estimate of drug-likeness (QED) is 0.544. The van der Waals surface area contributed by atoms with Crippen molar-refractivity contribution in [1.82, 2.24) is 4.90 Å². The Balaban J connectivity index is 1.83. The fraction of sp³-hybridized carbons (Fsp3) is 0.280. The summed E-state index contributed by atoms with van der Waals surface area (Å²) in [6.45, 7) is 6.27. The highest BCUT2D eigenvalue weighted by molar-refractivity contribution is 7.10. The summed E-state index contributed by atoms with van der Waals surface area (Å²) in [5, 5.41) is 4.94. The van der Waals surface area contributed by atoms with Crippen molar-refractivity contribution in [3.8, 4) is 0 Å². The molecule has 156 valence electrons. The first-order valence-electron chi connectivity index (χ1n) is 10.1. The molecule has 5 heteroatoms. The van der Waals surface area contributed by atoms with E-state index >= 15 is 0 Å². The van der Waals surface area contributed by atoms with Gasteiger partial charge in [-0.15, -0.1) is 11.3 Å². The maximum Gasteiger partial charge on any atom is 0.251 e. The minimum absolute atomic E-state index is 0.0895. The zero-order chi connectivity index (χ0) is 21.7. The van der Waals surface area contributed by atoms with Gasteiger partial charge in [-0.1, -0.05) is 61.9 Å². The summed E-state index contributed by atoms with van der Waals surface area (Å²) in [7, 11) is 1.70. The predicted octanol–water partition coefficient (Wildman–Crippen LogP) is 5.56. The fourth-order valence-electron chi connectivity index (χ4n) is 3.29. The van der Waals surface area contributed by atoms with E-state index in [1.165, 1.54) is 5.56 Å². The van der Waals surface area contributed by atoms with Crippen LogP contribution in [-0.4, -0.2) is 23.8 Å². The Hall–Kier alpha value is -2.92.